The Balaban J connectivity index is 2.12. The number of rotatable bonds is 9. The van der Waals surface area contributed by atoms with Crippen LogP contribution in [0.15, 0.2) is 30.5 Å². The van der Waals surface area contributed by atoms with Crippen molar-refractivity contribution in [2.45, 2.75) is 26.2 Å². The molecule has 6 nitrogen and oxygen atoms in total. The normalized spacial score (nSPS) is 11.7. The summed E-state index contributed by atoms with van der Waals surface area (Å²) in [4.78, 5) is 5.82. The summed E-state index contributed by atoms with van der Waals surface area (Å²) in [6.07, 6.45) is 9.16. The Morgan fingerprint density at radius 3 is 2.41 bits per heavy atom. The number of thioether (sulfide) groups is 1. The van der Waals surface area contributed by atoms with Gasteiger partial charge in [-0.1, -0.05) is 13.3 Å². The van der Waals surface area contributed by atoms with Crippen molar-refractivity contribution in [3.63, 3.8) is 0 Å². The summed E-state index contributed by atoms with van der Waals surface area (Å²) in [6, 6.07) is 7.96. The van der Waals surface area contributed by atoms with Crippen LogP contribution < -0.4 is 14.2 Å². The van der Waals surface area contributed by atoms with E-state index in [0.717, 1.165) is 46.8 Å². The third-order valence-electron chi connectivity index (χ3n) is 4.66. The van der Waals surface area contributed by atoms with Gasteiger partial charge in [0.15, 0.2) is 17.1 Å². The highest BCUT2D eigenvalue weighted by Crippen LogP contribution is 2.40. The van der Waals surface area contributed by atoms with E-state index in [4.69, 9.17) is 19.2 Å². The summed E-state index contributed by atoms with van der Waals surface area (Å²) in [7, 11) is 4.85. The molecule has 2 heterocycles. The lowest BCUT2D eigenvalue weighted by atomic mass is 10.1. The van der Waals surface area contributed by atoms with Gasteiger partial charge in [0.2, 0.25) is 5.75 Å². The molecule has 7 heteroatoms. The SMILES string of the molecule is CCCCc1cc(C(=Cc2cc(OC)c(OC)c(OC)c2)SC)n2nccc2n1. The third kappa shape index (κ3) is 4.50. The lowest BCUT2D eigenvalue weighted by Crippen LogP contribution is -2.02. The summed E-state index contributed by atoms with van der Waals surface area (Å²) >= 11 is 1.67. The summed E-state index contributed by atoms with van der Waals surface area (Å²) in [5.74, 6) is 1.83. The number of aromatic nitrogens is 3. The molecule has 0 fully saturated rings. The van der Waals surface area contributed by atoms with Crippen molar-refractivity contribution in [1.29, 1.82) is 0 Å². The van der Waals surface area contributed by atoms with Crippen LogP contribution in [0.1, 0.15) is 36.7 Å². The molecule has 0 aliphatic heterocycles. The molecule has 154 valence electrons. The Labute approximate surface area is 175 Å². The van der Waals surface area contributed by atoms with Gasteiger partial charge in [-0.3, -0.25) is 0 Å². The Morgan fingerprint density at radius 2 is 1.83 bits per heavy atom. The van der Waals surface area contributed by atoms with Crippen molar-refractivity contribution < 1.29 is 14.2 Å². The summed E-state index contributed by atoms with van der Waals surface area (Å²) in [5.41, 5.74) is 3.92. The first-order valence-corrected chi connectivity index (χ1v) is 10.8. The van der Waals surface area contributed by atoms with E-state index in [1.54, 1.807) is 39.3 Å². The van der Waals surface area contributed by atoms with E-state index >= 15 is 0 Å². The summed E-state index contributed by atoms with van der Waals surface area (Å²) < 4.78 is 18.3. The second kappa shape index (κ2) is 9.69. The first-order valence-electron chi connectivity index (χ1n) is 9.54. The Kier molecular flexibility index (Phi) is 7.04. The van der Waals surface area contributed by atoms with Crippen molar-refractivity contribution in [3.05, 3.63) is 47.4 Å². The van der Waals surface area contributed by atoms with E-state index in [0.29, 0.717) is 17.2 Å². The van der Waals surface area contributed by atoms with Crippen molar-refractivity contribution in [2.75, 3.05) is 27.6 Å². The van der Waals surface area contributed by atoms with Gasteiger partial charge in [0.25, 0.3) is 0 Å². The quantitative estimate of drug-likeness (QED) is 0.494. The number of nitrogens with zero attached hydrogens (tertiary/aromatic N) is 3. The predicted octanol–water partition coefficient (Wildman–Crippen LogP) is 4.96. The van der Waals surface area contributed by atoms with Gasteiger partial charge in [0, 0.05) is 16.7 Å². The fourth-order valence-electron chi connectivity index (χ4n) is 3.20. The van der Waals surface area contributed by atoms with E-state index in [9.17, 15) is 0 Å². The molecule has 0 unspecified atom stereocenters. The predicted molar refractivity (Wildman–Crippen MR) is 119 cm³/mol. The number of fused-ring (bicyclic) bond motifs is 1. The molecule has 3 aromatic rings. The van der Waals surface area contributed by atoms with E-state index < -0.39 is 0 Å². The fraction of sp³-hybridized carbons (Fsp3) is 0.364. The van der Waals surface area contributed by atoms with Crippen LogP contribution in [0.3, 0.4) is 0 Å². The van der Waals surface area contributed by atoms with Crippen LogP contribution >= 0.6 is 11.8 Å². The Bertz CT molecular complexity index is 989. The maximum absolute atomic E-state index is 5.49. The van der Waals surface area contributed by atoms with E-state index in [-0.39, 0.29) is 0 Å². The molecule has 0 N–H and O–H groups in total. The minimum atomic E-state index is 0.582. The second-order valence-electron chi connectivity index (χ2n) is 6.51. The van der Waals surface area contributed by atoms with Crippen LogP contribution in [0, 0.1) is 0 Å². The Hall–Kier alpha value is -2.67. The zero-order chi connectivity index (χ0) is 20.8. The number of unbranched alkanes of at least 4 members (excludes halogenated alkanes) is 1. The Morgan fingerprint density at radius 1 is 1.10 bits per heavy atom. The fourth-order valence-corrected chi connectivity index (χ4v) is 3.81. The van der Waals surface area contributed by atoms with Gasteiger partial charge in [-0.15, -0.1) is 11.8 Å². The standard InChI is InChI=1S/C22H27N3O3S/c1-6-7-8-16-14-17(25-21(24-16)9-10-23-25)20(29-5)13-15-11-18(26-2)22(28-4)19(12-15)27-3/h9-14H,6-8H2,1-5H3. The topological polar surface area (TPSA) is 57.9 Å². The lowest BCUT2D eigenvalue weighted by molar-refractivity contribution is 0.324. The molecular formula is C22H27N3O3S. The van der Waals surface area contributed by atoms with Crippen LogP contribution in [0.25, 0.3) is 16.6 Å². The number of aryl methyl sites for hydroxylation is 1. The largest absolute Gasteiger partial charge is 0.493 e. The molecule has 0 amide bonds. The maximum atomic E-state index is 5.49. The average molecular weight is 414 g/mol. The molecule has 2 aromatic heterocycles. The van der Waals surface area contributed by atoms with E-state index in [2.05, 4.69) is 30.4 Å². The van der Waals surface area contributed by atoms with Gasteiger partial charge >= 0.3 is 0 Å². The minimum Gasteiger partial charge on any atom is -0.493 e. The number of hydrogen-bond donors (Lipinski definition) is 0. The van der Waals surface area contributed by atoms with Crippen molar-refractivity contribution >= 4 is 28.4 Å². The van der Waals surface area contributed by atoms with Gasteiger partial charge < -0.3 is 14.2 Å². The molecule has 0 aliphatic rings. The van der Waals surface area contributed by atoms with Gasteiger partial charge in [-0.05, 0) is 48.9 Å². The smallest absolute Gasteiger partial charge is 0.203 e. The summed E-state index contributed by atoms with van der Waals surface area (Å²) in [6.45, 7) is 2.19. The van der Waals surface area contributed by atoms with Gasteiger partial charge in [-0.25, -0.2) is 9.50 Å². The van der Waals surface area contributed by atoms with Crippen LogP contribution in [0.5, 0.6) is 17.2 Å². The molecule has 0 bridgehead atoms. The molecule has 0 spiro atoms. The maximum Gasteiger partial charge on any atom is 0.203 e. The minimum absolute atomic E-state index is 0.582. The second-order valence-corrected chi connectivity index (χ2v) is 7.36. The first kappa shape index (κ1) is 21.0. The van der Waals surface area contributed by atoms with Crippen LogP contribution in [0.4, 0.5) is 0 Å². The molecule has 1 aromatic carbocycles. The number of hydrogen-bond acceptors (Lipinski definition) is 6. The number of benzene rings is 1. The lowest BCUT2D eigenvalue weighted by Gasteiger charge is -2.14. The molecule has 0 radical (unpaired) electrons. The highest BCUT2D eigenvalue weighted by Gasteiger charge is 2.15. The highest BCUT2D eigenvalue weighted by molar-refractivity contribution is 8.07. The summed E-state index contributed by atoms with van der Waals surface area (Å²) in [5, 5.41) is 4.48. The molecular weight excluding hydrogens is 386 g/mol. The van der Waals surface area contributed by atoms with E-state index in [1.807, 2.05) is 22.7 Å². The monoisotopic (exact) mass is 413 g/mol. The van der Waals surface area contributed by atoms with Crippen LogP contribution in [0.2, 0.25) is 0 Å². The first-order chi connectivity index (χ1) is 14.1. The zero-order valence-corrected chi connectivity index (χ0v) is 18.4. The third-order valence-corrected chi connectivity index (χ3v) is 5.42. The molecule has 0 atom stereocenters. The van der Waals surface area contributed by atoms with Crippen molar-refractivity contribution in [2.24, 2.45) is 0 Å². The molecule has 0 aliphatic carbocycles. The highest BCUT2D eigenvalue weighted by atomic mass is 32.2. The number of ether oxygens (including phenoxy) is 3. The van der Waals surface area contributed by atoms with Gasteiger partial charge in [-0.2, -0.15) is 5.10 Å². The van der Waals surface area contributed by atoms with Crippen LogP contribution in [-0.4, -0.2) is 42.2 Å². The average Bonchev–Trinajstić information content (AvgIpc) is 3.23. The molecule has 29 heavy (non-hydrogen) atoms. The van der Waals surface area contributed by atoms with Gasteiger partial charge in [0.1, 0.15) is 0 Å². The van der Waals surface area contributed by atoms with Crippen molar-refractivity contribution in [3.8, 4) is 17.2 Å². The molecule has 0 saturated heterocycles. The zero-order valence-electron chi connectivity index (χ0n) is 17.6. The molecule has 3 rings (SSSR count). The van der Waals surface area contributed by atoms with Crippen LogP contribution in [-0.2, 0) is 6.42 Å². The van der Waals surface area contributed by atoms with Crippen molar-refractivity contribution in [1.82, 2.24) is 14.6 Å². The number of methoxy groups -OCH3 is 3. The van der Waals surface area contributed by atoms with E-state index in [1.165, 1.54) is 0 Å². The molecule has 0 saturated carbocycles. The van der Waals surface area contributed by atoms with Gasteiger partial charge in [0.05, 0.1) is 33.2 Å².